The number of likely N-dealkylation sites (N-methyl/N-ethyl adjacent to an activating group) is 1. The number of nitrogens with one attached hydrogen (secondary N) is 2. The molecule has 22 heavy (non-hydrogen) atoms. The molecule has 0 bridgehead atoms. The lowest BCUT2D eigenvalue weighted by Crippen LogP contribution is -2.48. The molecule has 1 unspecified atom stereocenters. The normalized spacial score (nSPS) is 20.2. The highest BCUT2D eigenvalue weighted by Crippen LogP contribution is 2.16. The number of nitrogens with zero attached hydrogens (tertiary/aromatic N) is 3. The maximum absolute atomic E-state index is 4.56. The summed E-state index contributed by atoms with van der Waals surface area (Å²) in [5, 5.41) is 7.95. The molecule has 2 N–H and O–H groups in total. The van der Waals surface area contributed by atoms with Crippen molar-refractivity contribution in [1.29, 1.82) is 0 Å². The van der Waals surface area contributed by atoms with Crippen LogP contribution in [0.15, 0.2) is 4.99 Å². The van der Waals surface area contributed by atoms with Gasteiger partial charge in [-0.3, -0.25) is 9.89 Å². The predicted molar refractivity (Wildman–Crippen MR) is 94.7 cm³/mol. The molecule has 0 radical (unpaired) electrons. The molecule has 124 valence electrons. The number of thiazole rings is 1. The Morgan fingerprint density at radius 1 is 1.36 bits per heavy atom. The molecule has 1 aliphatic rings. The summed E-state index contributed by atoms with van der Waals surface area (Å²) in [5.74, 6) is 0.868. The van der Waals surface area contributed by atoms with E-state index < -0.39 is 0 Å². The van der Waals surface area contributed by atoms with Crippen LogP contribution >= 0.6 is 11.3 Å². The van der Waals surface area contributed by atoms with Crippen LogP contribution < -0.4 is 10.6 Å². The Morgan fingerprint density at radius 2 is 2.18 bits per heavy atom. The van der Waals surface area contributed by atoms with Crippen LogP contribution in [0.4, 0.5) is 0 Å². The molecule has 0 saturated carbocycles. The van der Waals surface area contributed by atoms with Crippen LogP contribution in [0.5, 0.6) is 0 Å². The van der Waals surface area contributed by atoms with Crippen molar-refractivity contribution in [3.63, 3.8) is 0 Å². The second-order valence-corrected chi connectivity index (χ2v) is 7.12. The largest absolute Gasteiger partial charge is 0.355 e. The van der Waals surface area contributed by atoms with E-state index in [4.69, 9.17) is 0 Å². The van der Waals surface area contributed by atoms with Crippen molar-refractivity contribution in [2.75, 3.05) is 26.7 Å². The van der Waals surface area contributed by atoms with Gasteiger partial charge < -0.3 is 10.6 Å². The van der Waals surface area contributed by atoms with E-state index in [1.807, 2.05) is 7.05 Å². The number of aliphatic imine (C=N–C) groups is 1. The van der Waals surface area contributed by atoms with Gasteiger partial charge in [0.15, 0.2) is 5.96 Å². The fourth-order valence-electron chi connectivity index (χ4n) is 2.92. The highest BCUT2D eigenvalue weighted by Gasteiger charge is 2.20. The summed E-state index contributed by atoms with van der Waals surface area (Å²) in [6, 6.07) is 0.627. The number of aryl methyl sites for hydroxylation is 2. The minimum absolute atomic E-state index is 0.627. The second-order valence-electron chi connectivity index (χ2n) is 5.83. The minimum atomic E-state index is 0.627. The van der Waals surface area contributed by atoms with Crippen LogP contribution in [0.3, 0.4) is 0 Å². The van der Waals surface area contributed by atoms with E-state index in [2.05, 4.69) is 46.3 Å². The van der Waals surface area contributed by atoms with Crippen molar-refractivity contribution in [2.45, 2.75) is 52.6 Å². The summed E-state index contributed by atoms with van der Waals surface area (Å²) in [7, 11) is 1.83. The molecule has 0 aromatic carbocycles. The third kappa shape index (κ3) is 4.68. The van der Waals surface area contributed by atoms with Crippen molar-refractivity contribution >= 4 is 17.3 Å². The van der Waals surface area contributed by atoms with Gasteiger partial charge in [0, 0.05) is 24.5 Å². The van der Waals surface area contributed by atoms with Gasteiger partial charge in [0.05, 0.1) is 12.2 Å². The van der Waals surface area contributed by atoms with Crippen LogP contribution in [-0.2, 0) is 6.54 Å². The van der Waals surface area contributed by atoms with Crippen LogP contribution in [0.1, 0.15) is 41.8 Å². The molecule has 1 aromatic heterocycles. The highest BCUT2D eigenvalue weighted by atomic mass is 32.1. The molecule has 2 rings (SSSR count). The van der Waals surface area contributed by atoms with Gasteiger partial charge in [-0.1, -0.05) is 13.3 Å². The Hall–Kier alpha value is -1.14. The van der Waals surface area contributed by atoms with E-state index in [0.717, 1.165) is 36.3 Å². The van der Waals surface area contributed by atoms with Gasteiger partial charge in [0.1, 0.15) is 5.01 Å². The van der Waals surface area contributed by atoms with Gasteiger partial charge in [-0.05, 0) is 39.8 Å². The molecule has 5 nitrogen and oxygen atoms in total. The zero-order valence-electron chi connectivity index (χ0n) is 14.3. The Labute approximate surface area is 138 Å². The number of rotatable bonds is 5. The minimum Gasteiger partial charge on any atom is -0.355 e. The third-order valence-electron chi connectivity index (χ3n) is 4.36. The first-order chi connectivity index (χ1) is 10.6. The molecule has 1 saturated heterocycles. The van der Waals surface area contributed by atoms with Gasteiger partial charge in [0.2, 0.25) is 0 Å². The Bertz CT molecular complexity index is 477. The molecular formula is C16H29N5S. The molecule has 1 aromatic rings. The summed E-state index contributed by atoms with van der Waals surface area (Å²) in [6.45, 7) is 10.5. The average molecular weight is 324 g/mol. The van der Waals surface area contributed by atoms with Crippen molar-refractivity contribution in [2.24, 2.45) is 4.99 Å². The first-order valence-corrected chi connectivity index (χ1v) is 9.07. The third-order valence-corrected chi connectivity index (χ3v) is 5.44. The first-order valence-electron chi connectivity index (χ1n) is 8.25. The van der Waals surface area contributed by atoms with Crippen LogP contribution in [0.2, 0.25) is 0 Å². The summed E-state index contributed by atoms with van der Waals surface area (Å²) in [4.78, 5) is 12.7. The number of guanidine groups is 1. The van der Waals surface area contributed by atoms with E-state index in [1.165, 1.54) is 30.7 Å². The van der Waals surface area contributed by atoms with E-state index in [1.54, 1.807) is 11.3 Å². The van der Waals surface area contributed by atoms with E-state index in [-0.39, 0.29) is 0 Å². The summed E-state index contributed by atoms with van der Waals surface area (Å²) >= 11 is 1.75. The van der Waals surface area contributed by atoms with E-state index >= 15 is 0 Å². The van der Waals surface area contributed by atoms with Crippen LogP contribution in [0.25, 0.3) is 0 Å². The first kappa shape index (κ1) is 17.2. The van der Waals surface area contributed by atoms with Gasteiger partial charge in [-0.15, -0.1) is 11.3 Å². The zero-order chi connectivity index (χ0) is 15.9. The predicted octanol–water partition coefficient (Wildman–Crippen LogP) is 2.30. The molecule has 2 heterocycles. The molecule has 6 heteroatoms. The molecule has 0 amide bonds. The molecular weight excluding hydrogens is 294 g/mol. The number of likely N-dealkylation sites (tertiary alicyclic amines) is 1. The van der Waals surface area contributed by atoms with Crippen LogP contribution in [-0.4, -0.2) is 48.6 Å². The lowest BCUT2D eigenvalue weighted by atomic mass is 10.0. The number of hydrogen-bond donors (Lipinski definition) is 2. The standard InChI is InChI=1S/C16H29N5S/c1-5-21-9-7-6-8-14(21)10-18-16(17-4)19-11-15-20-12(2)13(3)22-15/h14H,5-11H2,1-4H3,(H2,17,18,19). The fourth-order valence-corrected chi connectivity index (χ4v) is 3.79. The monoisotopic (exact) mass is 323 g/mol. The SMILES string of the molecule is CCN1CCCCC1CNC(=NC)NCc1nc(C)c(C)s1. The Balaban J connectivity index is 1.79. The number of piperidine rings is 1. The summed E-state index contributed by atoms with van der Waals surface area (Å²) in [5.41, 5.74) is 1.13. The van der Waals surface area contributed by atoms with E-state index in [9.17, 15) is 0 Å². The van der Waals surface area contributed by atoms with Crippen molar-refractivity contribution < 1.29 is 0 Å². The fraction of sp³-hybridized carbons (Fsp3) is 0.750. The van der Waals surface area contributed by atoms with Crippen LogP contribution in [0, 0.1) is 13.8 Å². The van der Waals surface area contributed by atoms with Gasteiger partial charge >= 0.3 is 0 Å². The highest BCUT2D eigenvalue weighted by molar-refractivity contribution is 7.11. The van der Waals surface area contributed by atoms with Gasteiger partial charge in [0.25, 0.3) is 0 Å². The maximum Gasteiger partial charge on any atom is 0.191 e. The molecule has 0 aliphatic carbocycles. The molecule has 1 fully saturated rings. The quantitative estimate of drug-likeness (QED) is 0.645. The maximum atomic E-state index is 4.56. The summed E-state index contributed by atoms with van der Waals surface area (Å²) in [6.07, 6.45) is 3.95. The Kier molecular flexibility index (Phi) is 6.64. The number of hydrogen-bond acceptors (Lipinski definition) is 4. The summed E-state index contributed by atoms with van der Waals surface area (Å²) < 4.78 is 0. The number of aromatic nitrogens is 1. The average Bonchev–Trinajstić information content (AvgIpc) is 2.86. The molecule has 0 spiro atoms. The van der Waals surface area contributed by atoms with E-state index in [0.29, 0.717) is 6.04 Å². The zero-order valence-corrected chi connectivity index (χ0v) is 15.1. The van der Waals surface area contributed by atoms with Gasteiger partial charge in [-0.25, -0.2) is 4.98 Å². The van der Waals surface area contributed by atoms with Crippen molar-refractivity contribution in [3.8, 4) is 0 Å². The smallest absolute Gasteiger partial charge is 0.191 e. The second kappa shape index (κ2) is 8.48. The van der Waals surface area contributed by atoms with Crippen molar-refractivity contribution in [3.05, 3.63) is 15.6 Å². The molecule has 1 aliphatic heterocycles. The Morgan fingerprint density at radius 3 is 2.82 bits per heavy atom. The topological polar surface area (TPSA) is 52.5 Å². The lowest BCUT2D eigenvalue weighted by molar-refractivity contribution is 0.157. The molecule has 1 atom stereocenters. The lowest BCUT2D eigenvalue weighted by Gasteiger charge is -2.35. The van der Waals surface area contributed by atoms with Gasteiger partial charge in [-0.2, -0.15) is 0 Å². The van der Waals surface area contributed by atoms with Crippen molar-refractivity contribution in [1.82, 2.24) is 20.5 Å².